The number of ether oxygens (including phenoxy) is 2. The van der Waals surface area contributed by atoms with Gasteiger partial charge in [-0.1, -0.05) is 11.6 Å². The first-order valence-corrected chi connectivity index (χ1v) is 9.09. The maximum atomic E-state index is 11.4. The summed E-state index contributed by atoms with van der Waals surface area (Å²) in [5.74, 6) is 0.353. The molecule has 0 amide bonds. The molecule has 134 valence electrons. The van der Waals surface area contributed by atoms with Crippen LogP contribution >= 0.6 is 22.9 Å². The van der Waals surface area contributed by atoms with Gasteiger partial charge in [-0.25, -0.2) is 4.98 Å². The maximum absolute atomic E-state index is 11.4. The number of halogens is 1. The van der Waals surface area contributed by atoms with E-state index in [0.717, 1.165) is 5.56 Å². The molecule has 0 atom stereocenters. The number of thiazole rings is 1. The lowest BCUT2D eigenvalue weighted by Crippen LogP contribution is -2.07. The van der Waals surface area contributed by atoms with Gasteiger partial charge in [-0.3, -0.25) is 10.2 Å². The summed E-state index contributed by atoms with van der Waals surface area (Å²) in [6.45, 7) is 6.02. The number of anilines is 1. The molecule has 0 bridgehead atoms. The SMILES string of the molecule is CCOC(=O)Cc1csc(N/N=C\c2ccc(OC(C)C)c(Cl)c2)n1. The topological polar surface area (TPSA) is 72.8 Å². The number of nitrogens with zero attached hydrogens (tertiary/aromatic N) is 2. The van der Waals surface area contributed by atoms with Crippen molar-refractivity contribution < 1.29 is 14.3 Å². The largest absolute Gasteiger partial charge is 0.489 e. The lowest BCUT2D eigenvalue weighted by Gasteiger charge is -2.11. The number of carbonyl (C=O) groups excluding carboxylic acids is 1. The number of rotatable bonds is 8. The molecule has 8 heteroatoms. The van der Waals surface area contributed by atoms with E-state index < -0.39 is 0 Å². The van der Waals surface area contributed by atoms with E-state index in [1.165, 1.54) is 11.3 Å². The highest BCUT2D eigenvalue weighted by molar-refractivity contribution is 7.13. The number of esters is 1. The number of hydrogen-bond acceptors (Lipinski definition) is 7. The van der Waals surface area contributed by atoms with Crippen LogP contribution in [-0.4, -0.2) is 29.9 Å². The van der Waals surface area contributed by atoms with E-state index in [9.17, 15) is 4.79 Å². The predicted molar refractivity (Wildman–Crippen MR) is 101 cm³/mol. The first-order chi connectivity index (χ1) is 12.0. The third-order valence-corrected chi connectivity index (χ3v) is 3.97. The van der Waals surface area contributed by atoms with Crippen LogP contribution in [-0.2, 0) is 16.0 Å². The van der Waals surface area contributed by atoms with Crippen LogP contribution in [0.4, 0.5) is 5.13 Å². The van der Waals surface area contributed by atoms with E-state index in [4.69, 9.17) is 21.1 Å². The van der Waals surface area contributed by atoms with E-state index in [0.29, 0.717) is 28.2 Å². The lowest BCUT2D eigenvalue weighted by molar-refractivity contribution is -0.142. The highest BCUT2D eigenvalue weighted by Gasteiger charge is 2.08. The summed E-state index contributed by atoms with van der Waals surface area (Å²) in [6.07, 6.45) is 1.85. The standard InChI is InChI=1S/C17H20ClN3O3S/c1-4-23-16(22)8-13-10-25-17(20-13)21-19-9-12-5-6-15(14(18)7-12)24-11(2)3/h5-7,9-11H,4,8H2,1-3H3,(H,20,21)/b19-9-. The van der Waals surface area contributed by atoms with Crippen molar-refractivity contribution in [2.75, 3.05) is 12.0 Å². The summed E-state index contributed by atoms with van der Waals surface area (Å²) in [5, 5.41) is 7.05. The zero-order valence-corrected chi connectivity index (χ0v) is 15.9. The minimum absolute atomic E-state index is 0.0624. The molecular weight excluding hydrogens is 362 g/mol. The van der Waals surface area contributed by atoms with Crippen molar-refractivity contribution in [1.82, 2.24) is 4.98 Å². The second-order valence-corrected chi connectivity index (χ2v) is 6.62. The van der Waals surface area contributed by atoms with Gasteiger partial charge in [0.2, 0.25) is 5.13 Å². The Morgan fingerprint density at radius 2 is 2.28 bits per heavy atom. The molecule has 2 aromatic rings. The molecule has 0 unspecified atom stereocenters. The predicted octanol–water partition coefficient (Wildman–Crippen LogP) is 4.14. The van der Waals surface area contributed by atoms with Crippen LogP contribution in [0.2, 0.25) is 5.02 Å². The van der Waals surface area contributed by atoms with Crippen LogP contribution in [0.3, 0.4) is 0 Å². The number of nitrogens with one attached hydrogen (secondary N) is 1. The molecule has 0 aliphatic rings. The molecule has 0 saturated heterocycles. The summed E-state index contributed by atoms with van der Waals surface area (Å²) < 4.78 is 10.5. The Bertz CT molecular complexity index is 746. The molecule has 0 fully saturated rings. The van der Waals surface area contributed by atoms with Gasteiger partial charge in [0.15, 0.2) is 0 Å². The zero-order chi connectivity index (χ0) is 18.2. The van der Waals surface area contributed by atoms with Gasteiger partial charge < -0.3 is 9.47 Å². The molecule has 1 N–H and O–H groups in total. The third kappa shape index (κ3) is 6.36. The zero-order valence-electron chi connectivity index (χ0n) is 14.3. The number of hydrogen-bond donors (Lipinski definition) is 1. The molecule has 0 aliphatic heterocycles. The summed E-state index contributed by atoms with van der Waals surface area (Å²) in [4.78, 5) is 15.7. The first kappa shape index (κ1) is 19.2. The van der Waals surface area contributed by atoms with Crippen molar-refractivity contribution >= 4 is 40.3 Å². The van der Waals surface area contributed by atoms with Gasteiger partial charge in [0.25, 0.3) is 0 Å². The van der Waals surface area contributed by atoms with Gasteiger partial charge >= 0.3 is 5.97 Å². The van der Waals surface area contributed by atoms with Crippen LogP contribution in [0, 0.1) is 0 Å². The van der Waals surface area contributed by atoms with Gasteiger partial charge in [0.05, 0.1) is 36.1 Å². The lowest BCUT2D eigenvalue weighted by atomic mass is 10.2. The van der Waals surface area contributed by atoms with Crippen molar-refractivity contribution in [2.45, 2.75) is 33.3 Å². The third-order valence-electron chi connectivity index (χ3n) is 2.87. The van der Waals surface area contributed by atoms with Crippen LogP contribution in [0.25, 0.3) is 0 Å². The summed E-state index contributed by atoms with van der Waals surface area (Å²) in [6, 6.07) is 5.45. The molecule has 0 saturated carbocycles. The fourth-order valence-corrected chi connectivity index (χ4v) is 2.80. The van der Waals surface area contributed by atoms with Gasteiger partial charge in [0, 0.05) is 5.38 Å². The number of benzene rings is 1. The van der Waals surface area contributed by atoms with Crippen LogP contribution < -0.4 is 10.2 Å². The number of hydrazone groups is 1. The van der Waals surface area contributed by atoms with E-state index in [2.05, 4.69) is 15.5 Å². The average Bonchev–Trinajstić information content (AvgIpc) is 2.97. The molecular formula is C17H20ClN3O3S. The molecule has 1 aromatic carbocycles. The van der Waals surface area contributed by atoms with Crippen molar-refractivity contribution in [3.63, 3.8) is 0 Å². The second-order valence-electron chi connectivity index (χ2n) is 5.35. The van der Waals surface area contributed by atoms with Crippen molar-refractivity contribution in [2.24, 2.45) is 5.10 Å². The van der Waals surface area contributed by atoms with E-state index in [1.807, 2.05) is 26.0 Å². The molecule has 25 heavy (non-hydrogen) atoms. The Labute approximate surface area is 155 Å². The van der Waals surface area contributed by atoms with E-state index >= 15 is 0 Å². The minimum atomic E-state index is -0.291. The van der Waals surface area contributed by atoms with Crippen LogP contribution in [0.5, 0.6) is 5.75 Å². The van der Waals surface area contributed by atoms with Gasteiger partial charge in [-0.05, 0) is 44.5 Å². The van der Waals surface area contributed by atoms with Crippen molar-refractivity contribution in [1.29, 1.82) is 0 Å². The summed E-state index contributed by atoms with van der Waals surface area (Å²) in [5.41, 5.74) is 4.32. The number of carbonyl (C=O) groups is 1. The smallest absolute Gasteiger partial charge is 0.311 e. The molecule has 2 rings (SSSR count). The Balaban J connectivity index is 1.91. The van der Waals surface area contributed by atoms with Gasteiger partial charge in [-0.2, -0.15) is 5.10 Å². The molecule has 0 aliphatic carbocycles. The van der Waals surface area contributed by atoms with Crippen molar-refractivity contribution in [3.8, 4) is 5.75 Å². The maximum Gasteiger partial charge on any atom is 0.311 e. The normalized spacial score (nSPS) is 11.1. The van der Waals surface area contributed by atoms with Crippen LogP contribution in [0.1, 0.15) is 32.0 Å². The van der Waals surface area contributed by atoms with Gasteiger partial charge in [0.1, 0.15) is 5.75 Å². The molecule has 0 spiro atoms. The Morgan fingerprint density at radius 3 is 2.96 bits per heavy atom. The Morgan fingerprint density at radius 1 is 1.48 bits per heavy atom. The molecule has 1 heterocycles. The quantitative estimate of drug-likeness (QED) is 0.422. The second kappa shape index (κ2) is 9.39. The summed E-state index contributed by atoms with van der Waals surface area (Å²) >= 11 is 7.55. The van der Waals surface area contributed by atoms with E-state index in [1.54, 1.807) is 24.6 Å². The number of aromatic nitrogens is 1. The van der Waals surface area contributed by atoms with Crippen LogP contribution in [0.15, 0.2) is 28.7 Å². The molecule has 6 nitrogen and oxygen atoms in total. The minimum Gasteiger partial charge on any atom is -0.489 e. The van der Waals surface area contributed by atoms with Gasteiger partial charge in [-0.15, -0.1) is 11.3 Å². The molecule has 1 aromatic heterocycles. The highest BCUT2D eigenvalue weighted by Crippen LogP contribution is 2.26. The monoisotopic (exact) mass is 381 g/mol. The average molecular weight is 382 g/mol. The fraction of sp³-hybridized carbons (Fsp3) is 0.353. The first-order valence-electron chi connectivity index (χ1n) is 7.83. The van der Waals surface area contributed by atoms with Crippen molar-refractivity contribution in [3.05, 3.63) is 39.9 Å². The Kier molecular flexibility index (Phi) is 7.21. The summed E-state index contributed by atoms with van der Waals surface area (Å²) in [7, 11) is 0. The fourth-order valence-electron chi connectivity index (χ4n) is 1.91. The van der Waals surface area contributed by atoms with E-state index in [-0.39, 0.29) is 18.5 Å². The Hall–Kier alpha value is -2.12. The molecule has 0 radical (unpaired) electrons. The highest BCUT2D eigenvalue weighted by atomic mass is 35.5.